The third kappa shape index (κ3) is 5.95. The van der Waals surface area contributed by atoms with Crippen LogP contribution >= 0.6 is 15.9 Å². The zero-order valence-corrected chi connectivity index (χ0v) is 18.7. The highest BCUT2D eigenvalue weighted by atomic mass is 79.9. The van der Waals surface area contributed by atoms with Crippen LogP contribution in [0.3, 0.4) is 0 Å². The van der Waals surface area contributed by atoms with Crippen molar-refractivity contribution in [2.45, 2.75) is 45.2 Å². The summed E-state index contributed by atoms with van der Waals surface area (Å²) in [5.41, 5.74) is 1.53. The Hall–Kier alpha value is -2.61. The number of halogens is 1. The van der Waals surface area contributed by atoms with Crippen LogP contribution in [0, 0.1) is 0 Å². The van der Waals surface area contributed by atoms with Crippen molar-refractivity contribution in [3.63, 3.8) is 0 Å². The van der Waals surface area contributed by atoms with E-state index in [9.17, 15) is 14.4 Å². The number of benzene rings is 1. The molecule has 1 aromatic carbocycles. The average molecular weight is 475 g/mol. The maximum atomic E-state index is 12.8. The highest BCUT2D eigenvalue weighted by Crippen LogP contribution is 2.23. The Morgan fingerprint density at radius 1 is 1.17 bits per heavy atom. The first kappa shape index (κ1) is 22.1. The first-order chi connectivity index (χ1) is 14.5. The average Bonchev–Trinajstić information content (AvgIpc) is 3.25. The smallest absolute Gasteiger partial charge is 0.251 e. The van der Waals surface area contributed by atoms with Crippen LogP contribution in [0.2, 0.25) is 0 Å². The number of carbonyl (C=O) groups excluding carboxylic acids is 2. The van der Waals surface area contributed by atoms with E-state index in [4.69, 9.17) is 0 Å². The largest absolute Gasteiger partial charge is 0.371 e. The van der Waals surface area contributed by atoms with Crippen LogP contribution in [0.25, 0.3) is 0 Å². The molecule has 0 bridgehead atoms. The van der Waals surface area contributed by atoms with Crippen LogP contribution in [0.1, 0.15) is 32.6 Å². The molecule has 2 aromatic rings. The topological polar surface area (TPSA) is 83.4 Å². The molecule has 0 saturated carbocycles. The second-order valence-corrected chi connectivity index (χ2v) is 8.37. The first-order valence-electron chi connectivity index (χ1n) is 10.3. The quantitative estimate of drug-likeness (QED) is 0.615. The molecular weight excluding hydrogens is 448 g/mol. The lowest BCUT2D eigenvalue weighted by Crippen LogP contribution is -2.45. The normalized spacial score (nSPS) is 14.4. The zero-order chi connectivity index (χ0) is 21.5. The summed E-state index contributed by atoms with van der Waals surface area (Å²) in [6.07, 6.45) is 5.17. The molecule has 1 unspecified atom stereocenters. The lowest BCUT2D eigenvalue weighted by atomic mass is 10.1. The lowest BCUT2D eigenvalue weighted by Gasteiger charge is -2.20. The third-order valence-electron chi connectivity index (χ3n) is 5.08. The predicted molar refractivity (Wildman–Crippen MR) is 122 cm³/mol. The fourth-order valence-corrected chi connectivity index (χ4v) is 3.94. The van der Waals surface area contributed by atoms with Gasteiger partial charge in [0.05, 0.1) is 0 Å². The summed E-state index contributed by atoms with van der Waals surface area (Å²) in [6.45, 7) is 3.87. The van der Waals surface area contributed by atoms with Crippen LogP contribution in [-0.2, 0) is 16.1 Å². The van der Waals surface area contributed by atoms with Gasteiger partial charge in [0.15, 0.2) is 0 Å². The van der Waals surface area contributed by atoms with Crippen molar-refractivity contribution in [1.29, 1.82) is 0 Å². The Balaban J connectivity index is 1.64. The van der Waals surface area contributed by atoms with Crippen LogP contribution in [-0.4, -0.2) is 35.5 Å². The van der Waals surface area contributed by atoms with Gasteiger partial charge in [-0.25, -0.2) is 0 Å². The third-order valence-corrected chi connectivity index (χ3v) is 5.54. The summed E-state index contributed by atoms with van der Waals surface area (Å²) in [4.78, 5) is 39.5. The number of hydrogen-bond acceptors (Lipinski definition) is 4. The minimum Gasteiger partial charge on any atom is -0.371 e. The van der Waals surface area contributed by atoms with Gasteiger partial charge in [-0.1, -0.05) is 19.4 Å². The highest BCUT2D eigenvalue weighted by molar-refractivity contribution is 9.10. The van der Waals surface area contributed by atoms with Crippen molar-refractivity contribution in [3.05, 3.63) is 57.4 Å². The maximum absolute atomic E-state index is 12.8. The molecule has 0 spiro atoms. The SMILES string of the molecule is CCCC(NC(=O)Cn1cc(Br)ccc1=O)C(=O)Nc1cccc(N2CCCC2)c1. The predicted octanol–water partition coefficient (Wildman–Crippen LogP) is 3.13. The van der Waals surface area contributed by atoms with Crippen LogP contribution < -0.4 is 21.1 Å². The molecule has 2 heterocycles. The van der Waals surface area contributed by atoms with Crippen molar-refractivity contribution in [2.24, 2.45) is 0 Å². The lowest BCUT2D eigenvalue weighted by molar-refractivity contribution is -0.127. The number of nitrogens with zero attached hydrogens (tertiary/aromatic N) is 2. The number of hydrogen-bond donors (Lipinski definition) is 2. The van der Waals surface area contributed by atoms with Gasteiger partial charge in [0.2, 0.25) is 11.8 Å². The highest BCUT2D eigenvalue weighted by Gasteiger charge is 2.21. The van der Waals surface area contributed by atoms with E-state index in [1.165, 1.54) is 23.5 Å². The molecule has 0 radical (unpaired) electrons. The van der Waals surface area contributed by atoms with E-state index in [-0.39, 0.29) is 23.9 Å². The molecule has 3 rings (SSSR count). The number of carbonyl (C=O) groups is 2. The van der Waals surface area contributed by atoms with Crippen molar-refractivity contribution in [3.8, 4) is 0 Å². The van der Waals surface area contributed by atoms with Gasteiger partial charge in [-0.2, -0.15) is 0 Å². The molecule has 1 atom stereocenters. The van der Waals surface area contributed by atoms with Gasteiger partial charge >= 0.3 is 0 Å². The molecule has 1 fully saturated rings. The molecule has 1 saturated heterocycles. The van der Waals surface area contributed by atoms with E-state index < -0.39 is 6.04 Å². The number of pyridine rings is 1. The Morgan fingerprint density at radius 2 is 1.93 bits per heavy atom. The van der Waals surface area contributed by atoms with E-state index in [1.54, 1.807) is 12.3 Å². The van der Waals surface area contributed by atoms with E-state index >= 15 is 0 Å². The van der Waals surface area contributed by atoms with Crippen molar-refractivity contribution in [1.82, 2.24) is 9.88 Å². The Kier molecular flexibility index (Phi) is 7.68. The summed E-state index contributed by atoms with van der Waals surface area (Å²) >= 11 is 3.29. The molecule has 2 N–H and O–H groups in total. The second-order valence-electron chi connectivity index (χ2n) is 7.46. The minimum atomic E-state index is -0.666. The molecule has 8 heteroatoms. The van der Waals surface area contributed by atoms with Gasteiger partial charge in [0, 0.05) is 41.2 Å². The fraction of sp³-hybridized carbons (Fsp3) is 0.409. The number of amides is 2. The Morgan fingerprint density at radius 3 is 2.67 bits per heavy atom. The van der Waals surface area contributed by atoms with Gasteiger partial charge < -0.3 is 20.1 Å². The molecule has 1 aliphatic heterocycles. The number of aromatic nitrogens is 1. The van der Waals surface area contributed by atoms with Crippen molar-refractivity contribution < 1.29 is 9.59 Å². The van der Waals surface area contributed by atoms with Crippen molar-refractivity contribution >= 4 is 39.1 Å². The first-order valence-corrected chi connectivity index (χ1v) is 11.1. The maximum Gasteiger partial charge on any atom is 0.251 e. The fourth-order valence-electron chi connectivity index (χ4n) is 3.56. The number of rotatable bonds is 8. The second kappa shape index (κ2) is 10.4. The van der Waals surface area contributed by atoms with Gasteiger partial charge in [-0.05, 0) is 59.5 Å². The van der Waals surface area contributed by atoms with E-state index in [2.05, 4.69) is 31.5 Å². The van der Waals surface area contributed by atoms with Crippen LogP contribution in [0.5, 0.6) is 0 Å². The standard InChI is InChI=1S/C22H27BrN4O3/c1-2-6-19(25-20(28)15-27-14-16(23)9-10-21(27)29)22(30)24-17-7-5-8-18(13-17)26-11-3-4-12-26/h5,7-10,13-14,19H,2-4,6,11-12,15H2,1H3,(H,24,30)(H,25,28). The van der Waals surface area contributed by atoms with Crippen molar-refractivity contribution in [2.75, 3.05) is 23.3 Å². The number of nitrogens with one attached hydrogen (secondary N) is 2. The van der Waals surface area contributed by atoms with E-state index in [1.807, 2.05) is 31.2 Å². The van der Waals surface area contributed by atoms with Gasteiger partial charge in [-0.15, -0.1) is 0 Å². The number of anilines is 2. The molecule has 1 aliphatic rings. The molecule has 30 heavy (non-hydrogen) atoms. The Labute approximate surface area is 184 Å². The van der Waals surface area contributed by atoms with Gasteiger partial charge in [0.1, 0.15) is 12.6 Å². The summed E-state index contributed by atoms with van der Waals surface area (Å²) < 4.78 is 2.01. The molecular formula is C22H27BrN4O3. The molecule has 160 valence electrons. The molecule has 7 nitrogen and oxygen atoms in total. The molecule has 0 aliphatic carbocycles. The monoisotopic (exact) mass is 474 g/mol. The zero-order valence-electron chi connectivity index (χ0n) is 17.1. The van der Waals surface area contributed by atoms with Crippen LogP contribution in [0.15, 0.2) is 51.9 Å². The summed E-state index contributed by atoms with van der Waals surface area (Å²) in [7, 11) is 0. The summed E-state index contributed by atoms with van der Waals surface area (Å²) in [6, 6.07) is 10.1. The van der Waals surface area contributed by atoms with Crippen LogP contribution in [0.4, 0.5) is 11.4 Å². The van der Waals surface area contributed by atoms with Gasteiger partial charge in [-0.3, -0.25) is 14.4 Å². The summed E-state index contributed by atoms with van der Waals surface area (Å²) in [5, 5.41) is 5.69. The minimum absolute atomic E-state index is 0.143. The summed E-state index contributed by atoms with van der Waals surface area (Å²) in [5.74, 6) is -0.639. The van der Waals surface area contributed by atoms with E-state index in [0.717, 1.165) is 25.2 Å². The Bertz CT molecular complexity index is 953. The molecule has 1 aromatic heterocycles. The molecule has 2 amide bonds. The van der Waals surface area contributed by atoms with Gasteiger partial charge in [0.25, 0.3) is 5.56 Å². The van der Waals surface area contributed by atoms with E-state index in [0.29, 0.717) is 16.6 Å².